The van der Waals surface area contributed by atoms with E-state index >= 15 is 0 Å². The van der Waals surface area contributed by atoms with Crippen LogP contribution in [0.2, 0.25) is 0 Å². The van der Waals surface area contributed by atoms with Gasteiger partial charge in [0.25, 0.3) is 0 Å². The molecule has 0 heterocycles. The largest absolute Gasteiger partial charge is 0.251 e. The molecule has 8 unspecified atom stereocenters. The lowest BCUT2D eigenvalue weighted by molar-refractivity contribution is -0.0654. The van der Waals surface area contributed by atoms with Gasteiger partial charge in [-0.05, 0) is 105 Å². The molecule has 4 aliphatic rings. The van der Waals surface area contributed by atoms with E-state index in [1.165, 1.54) is 56.9 Å². The maximum Gasteiger partial charge on any atom is 0.0922 e. The van der Waals surface area contributed by atoms with Gasteiger partial charge in [0, 0.05) is 6.76 Å². The Balaban J connectivity index is 0.00000182. The first-order valence-corrected chi connectivity index (χ1v) is 11.5. The minimum atomic E-state index is -0.0751. The fraction of sp³-hybridized carbons (Fsp3) is 0.909. The van der Waals surface area contributed by atoms with Crippen molar-refractivity contribution in [3.63, 3.8) is 0 Å². The Bertz CT molecular complexity index is 494. The quantitative estimate of drug-likeness (QED) is 0.353. The summed E-state index contributed by atoms with van der Waals surface area (Å²) < 4.78 is 13.1. The summed E-state index contributed by atoms with van der Waals surface area (Å²) in [6, 6.07) is 0. The van der Waals surface area contributed by atoms with E-state index in [1.54, 1.807) is 0 Å². The summed E-state index contributed by atoms with van der Waals surface area (Å²) in [6.07, 6.45) is 12.1. The Labute approximate surface area is 157 Å². The molecule has 0 N–H and O–H groups in total. The second kappa shape index (κ2) is 6.71. The van der Waals surface area contributed by atoms with Gasteiger partial charge in [0.05, 0.1) is 6.67 Å². The maximum absolute atomic E-state index is 13.1. The second-order valence-corrected chi connectivity index (χ2v) is 10.3. The Morgan fingerprint density at radius 1 is 1.08 bits per heavy atom. The number of hydrogen-bond acceptors (Lipinski definition) is 0. The van der Waals surface area contributed by atoms with Crippen molar-refractivity contribution in [1.29, 1.82) is 0 Å². The van der Waals surface area contributed by atoms with E-state index in [9.17, 15) is 4.39 Å². The lowest BCUT2D eigenvalue weighted by Gasteiger charge is -2.56. The molecule has 0 radical (unpaired) electrons. The standard InChI is InChI=1S/C22H34BrF.H2/c1-14(12-23)20-7-8-21-19-6-4-16-11-15(13-24)3-5-17(16)18(19)9-10-22(20,21)2;/h15-21H,1,3-13H2,2H3;1H. The van der Waals surface area contributed by atoms with E-state index in [2.05, 4.69) is 29.4 Å². The predicted molar refractivity (Wildman–Crippen MR) is 105 cm³/mol. The minimum Gasteiger partial charge on any atom is -0.251 e. The molecule has 0 spiro atoms. The Kier molecular flexibility index (Phi) is 4.91. The van der Waals surface area contributed by atoms with Crippen molar-refractivity contribution in [2.45, 2.75) is 64.7 Å². The second-order valence-electron chi connectivity index (χ2n) is 9.74. The van der Waals surface area contributed by atoms with E-state index in [0.29, 0.717) is 11.3 Å². The third-order valence-electron chi connectivity index (χ3n) is 8.95. The molecule has 0 aliphatic heterocycles. The number of allylic oxidation sites excluding steroid dienone is 1. The van der Waals surface area contributed by atoms with Crippen molar-refractivity contribution < 1.29 is 5.82 Å². The molecule has 0 aromatic carbocycles. The summed E-state index contributed by atoms with van der Waals surface area (Å²) in [4.78, 5) is 0. The van der Waals surface area contributed by atoms with E-state index in [1.807, 2.05) is 0 Å². The van der Waals surface area contributed by atoms with Crippen molar-refractivity contribution in [2.24, 2.45) is 46.8 Å². The van der Waals surface area contributed by atoms with Crippen molar-refractivity contribution in [2.75, 3.05) is 12.0 Å². The van der Waals surface area contributed by atoms with Crippen molar-refractivity contribution in [3.05, 3.63) is 12.2 Å². The van der Waals surface area contributed by atoms with Crippen LogP contribution < -0.4 is 0 Å². The average Bonchev–Trinajstić information content (AvgIpc) is 2.97. The van der Waals surface area contributed by atoms with Crippen LogP contribution in [0.3, 0.4) is 0 Å². The van der Waals surface area contributed by atoms with Crippen LogP contribution in [0.1, 0.15) is 66.1 Å². The first kappa shape index (κ1) is 17.6. The summed E-state index contributed by atoms with van der Waals surface area (Å²) in [5.74, 6) is 5.74. The molecule has 0 aromatic rings. The highest BCUT2D eigenvalue weighted by molar-refractivity contribution is 9.09. The normalized spacial score (nSPS) is 50.7. The summed E-state index contributed by atoms with van der Waals surface area (Å²) in [7, 11) is 0. The monoisotopic (exact) mass is 398 g/mol. The van der Waals surface area contributed by atoms with Crippen molar-refractivity contribution in [3.8, 4) is 0 Å². The number of alkyl halides is 2. The smallest absolute Gasteiger partial charge is 0.0922 e. The van der Waals surface area contributed by atoms with Gasteiger partial charge in [0.15, 0.2) is 0 Å². The van der Waals surface area contributed by atoms with Crippen LogP contribution in [0.4, 0.5) is 4.39 Å². The van der Waals surface area contributed by atoms with Gasteiger partial charge in [-0.2, -0.15) is 0 Å². The van der Waals surface area contributed by atoms with Gasteiger partial charge in [-0.1, -0.05) is 35.0 Å². The first-order valence-electron chi connectivity index (χ1n) is 10.4. The molecule has 8 atom stereocenters. The lowest BCUT2D eigenvalue weighted by Crippen LogP contribution is -2.48. The highest BCUT2D eigenvalue weighted by Crippen LogP contribution is 2.65. The van der Waals surface area contributed by atoms with Crippen molar-refractivity contribution in [1.82, 2.24) is 0 Å². The number of rotatable bonds is 3. The Morgan fingerprint density at radius 3 is 2.62 bits per heavy atom. The molecule has 4 saturated carbocycles. The molecule has 138 valence electrons. The van der Waals surface area contributed by atoms with Gasteiger partial charge in [-0.25, -0.2) is 0 Å². The summed E-state index contributed by atoms with van der Waals surface area (Å²) in [5.41, 5.74) is 1.95. The van der Waals surface area contributed by atoms with Crippen LogP contribution in [0.15, 0.2) is 12.2 Å². The highest BCUT2D eigenvalue weighted by Gasteiger charge is 2.57. The molecule has 0 bridgehead atoms. The third-order valence-corrected chi connectivity index (χ3v) is 9.67. The van der Waals surface area contributed by atoms with Crippen molar-refractivity contribution >= 4 is 15.9 Å². The lowest BCUT2D eigenvalue weighted by atomic mass is 9.49. The Morgan fingerprint density at radius 2 is 1.88 bits per heavy atom. The van der Waals surface area contributed by atoms with Crippen LogP contribution in [-0.2, 0) is 0 Å². The average molecular weight is 399 g/mol. The van der Waals surface area contributed by atoms with Crippen LogP contribution in [0.5, 0.6) is 0 Å². The molecule has 2 heteroatoms. The third kappa shape index (κ3) is 2.65. The van der Waals surface area contributed by atoms with E-state index < -0.39 is 0 Å². The van der Waals surface area contributed by atoms with Crippen LogP contribution >= 0.6 is 15.9 Å². The summed E-state index contributed by atoms with van der Waals surface area (Å²) in [6.45, 7) is 6.91. The van der Waals surface area contributed by atoms with Crippen LogP contribution in [0.25, 0.3) is 0 Å². The number of halogens is 2. The Hall–Kier alpha value is 0.150. The highest BCUT2D eigenvalue weighted by atomic mass is 79.9. The molecular weight excluding hydrogens is 363 g/mol. The van der Waals surface area contributed by atoms with Crippen LogP contribution in [-0.4, -0.2) is 12.0 Å². The molecule has 0 aromatic heterocycles. The number of fused-ring (bicyclic) bond motifs is 5. The molecule has 0 saturated heterocycles. The van der Waals surface area contributed by atoms with Crippen LogP contribution in [0, 0.1) is 46.8 Å². The fourth-order valence-corrected chi connectivity index (χ4v) is 8.25. The van der Waals surface area contributed by atoms with Gasteiger partial charge in [-0.3, -0.25) is 4.39 Å². The molecular formula is C22H36BrF. The van der Waals surface area contributed by atoms with Gasteiger partial charge in [0.1, 0.15) is 0 Å². The molecule has 4 fully saturated rings. The zero-order valence-corrected chi connectivity index (χ0v) is 16.9. The zero-order chi connectivity index (χ0) is 16.9. The molecule has 4 aliphatic carbocycles. The van der Waals surface area contributed by atoms with E-state index in [-0.39, 0.29) is 8.10 Å². The van der Waals surface area contributed by atoms with E-state index in [4.69, 9.17) is 0 Å². The fourth-order valence-electron chi connectivity index (χ4n) is 7.85. The minimum absolute atomic E-state index is 0. The van der Waals surface area contributed by atoms with E-state index in [0.717, 1.165) is 47.3 Å². The van der Waals surface area contributed by atoms with Gasteiger partial charge >= 0.3 is 0 Å². The predicted octanol–water partition coefficient (Wildman–Crippen LogP) is 7.04. The molecule has 4 rings (SSSR count). The molecule has 0 nitrogen and oxygen atoms in total. The van der Waals surface area contributed by atoms with Gasteiger partial charge in [0.2, 0.25) is 0 Å². The zero-order valence-electron chi connectivity index (χ0n) is 15.3. The first-order chi connectivity index (χ1) is 11.6. The summed E-state index contributed by atoms with van der Waals surface area (Å²) >= 11 is 3.66. The number of hydrogen-bond donors (Lipinski definition) is 0. The molecule has 24 heavy (non-hydrogen) atoms. The van der Waals surface area contributed by atoms with Gasteiger partial charge in [-0.15, -0.1) is 0 Å². The summed E-state index contributed by atoms with van der Waals surface area (Å²) in [5, 5.41) is 0.976. The topological polar surface area (TPSA) is 0 Å². The SMILES string of the molecule is C=C(CBr)C1CCC2C3CCC4CC(CF)CCC4C3CCC12C.[HH]. The molecule has 0 amide bonds. The van der Waals surface area contributed by atoms with Gasteiger partial charge < -0.3 is 0 Å². The maximum atomic E-state index is 13.1.